The minimum absolute atomic E-state index is 0.682. The van der Waals surface area contributed by atoms with Gasteiger partial charge in [0.05, 0.1) is 6.61 Å². The van der Waals surface area contributed by atoms with Gasteiger partial charge in [0, 0.05) is 12.5 Å². The molecule has 2 heteroatoms. The van der Waals surface area contributed by atoms with Crippen molar-refractivity contribution in [3.63, 3.8) is 0 Å². The van der Waals surface area contributed by atoms with E-state index in [1.165, 1.54) is 49.7 Å². The summed E-state index contributed by atoms with van der Waals surface area (Å²) in [6.45, 7) is 3.26. The Bertz CT molecular complexity index is 463. The van der Waals surface area contributed by atoms with Crippen molar-refractivity contribution in [2.45, 2.75) is 57.9 Å². The zero-order valence-corrected chi connectivity index (χ0v) is 13.5. The van der Waals surface area contributed by atoms with Crippen molar-refractivity contribution >= 4 is 0 Å². The van der Waals surface area contributed by atoms with E-state index in [0.717, 1.165) is 30.6 Å². The zero-order chi connectivity index (χ0) is 14.7. The Kier molecular flexibility index (Phi) is 4.84. The van der Waals surface area contributed by atoms with E-state index >= 15 is 0 Å². The van der Waals surface area contributed by atoms with Gasteiger partial charge in [-0.1, -0.05) is 31.9 Å². The Morgan fingerprint density at radius 1 is 1.24 bits per heavy atom. The molecule has 116 valence electrons. The SMILES string of the molecule is CNC(CCc1ccc2c(c1)CCO2)C1CCC(C)CC1. The Morgan fingerprint density at radius 2 is 2.05 bits per heavy atom. The minimum Gasteiger partial charge on any atom is -0.493 e. The molecule has 1 N–H and O–H groups in total. The highest BCUT2D eigenvalue weighted by molar-refractivity contribution is 5.39. The second kappa shape index (κ2) is 6.83. The summed E-state index contributed by atoms with van der Waals surface area (Å²) >= 11 is 0. The van der Waals surface area contributed by atoms with Gasteiger partial charge in [0.15, 0.2) is 0 Å². The lowest BCUT2D eigenvalue weighted by Crippen LogP contribution is -2.36. The van der Waals surface area contributed by atoms with Crippen LogP contribution in [0.15, 0.2) is 18.2 Å². The standard InChI is InChI=1S/C19H29NO/c1-14-3-7-16(8-4-14)18(20-2)9-5-15-6-10-19-17(13-15)11-12-21-19/h6,10,13-14,16,18,20H,3-5,7-9,11-12H2,1-2H3. The molecule has 1 heterocycles. The molecule has 0 radical (unpaired) electrons. The molecule has 0 spiro atoms. The van der Waals surface area contributed by atoms with E-state index in [2.05, 4.69) is 37.5 Å². The molecule has 2 aliphatic rings. The van der Waals surface area contributed by atoms with Crippen molar-refractivity contribution in [1.82, 2.24) is 5.32 Å². The molecule has 1 aliphatic heterocycles. The van der Waals surface area contributed by atoms with Gasteiger partial charge in [0.2, 0.25) is 0 Å². The van der Waals surface area contributed by atoms with Crippen molar-refractivity contribution in [1.29, 1.82) is 0 Å². The number of fused-ring (bicyclic) bond motifs is 1. The van der Waals surface area contributed by atoms with Crippen molar-refractivity contribution in [2.24, 2.45) is 11.8 Å². The number of aryl methyl sites for hydroxylation is 1. The first-order valence-electron chi connectivity index (χ1n) is 8.68. The molecule has 3 rings (SSSR count). The summed E-state index contributed by atoms with van der Waals surface area (Å²) < 4.78 is 5.59. The number of nitrogens with one attached hydrogen (secondary N) is 1. The topological polar surface area (TPSA) is 21.3 Å². The van der Waals surface area contributed by atoms with Gasteiger partial charge in [0.25, 0.3) is 0 Å². The maximum atomic E-state index is 5.59. The molecule has 0 aromatic heterocycles. The van der Waals surface area contributed by atoms with Crippen molar-refractivity contribution in [3.8, 4) is 5.75 Å². The molecule has 1 fully saturated rings. The molecule has 0 bridgehead atoms. The molecule has 1 aromatic carbocycles. The van der Waals surface area contributed by atoms with Crippen LogP contribution in [0.25, 0.3) is 0 Å². The summed E-state index contributed by atoms with van der Waals surface area (Å²) in [4.78, 5) is 0. The fourth-order valence-corrected chi connectivity index (χ4v) is 4.02. The number of hydrogen-bond donors (Lipinski definition) is 1. The Labute approximate surface area is 129 Å². The van der Waals surface area contributed by atoms with Gasteiger partial charge in [0.1, 0.15) is 5.75 Å². The second-order valence-electron chi connectivity index (χ2n) is 6.99. The first kappa shape index (κ1) is 14.9. The van der Waals surface area contributed by atoms with Gasteiger partial charge in [-0.2, -0.15) is 0 Å². The smallest absolute Gasteiger partial charge is 0.122 e. The lowest BCUT2D eigenvalue weighted by molar-refractivity contribution is 0.229. The highest BCUT2D eigenvalue weighted by Crippen LogP contribution is 2.32. The Balaban J connectivity index is 1.55. The van der Waals surface area contributed by atoms with E-state index < -0.39 is 0 Å². The van der Waals surface area contributed by atoms with Crippen LogP contribution >= 0.6 is 0 Å². The minimum atomic E-state index is 0.682. The predicted molar refractivity (Wildman–Crippen MR) is 87.9 cm³/mol. The summed E-state index contributed by atoms with van der Waals surface area (Å²) in [5, 5.41) is 3.58. The van der Waals surface area contributed by atoms with Crippen LogP contribution in [0.5, 0.6) is 5.75 Å². The molecule has 0 amide bonds. The van der Waals surface area contributed by atoms with Crippen molar-refractivity contribution < 1.29 is 4.74 Å². The van der Waals surface area contributed by atoms with Gasteiger partial charge in [-0.25, -0.2) is 0 Å². The highest BCUT2D eigenvalue weighted by Gasteiger charge is 2.25. The number of hydrogen-bond acceptors (Lipinski definition) is 2. The van der Waals surface area contributed by atoms with E-state index in [1.54, 1.807) is 0 Å². The monoisotopic (exact) mass is 287 g/mol. The molecule has 1 aromatic rings. The van der Waals surface area contributed by atoms with Gasteiger partial charge in [-0.3, -0.25) is 0 Å². The van der Waals surface area contributed by atoms with Crippen molar-refractivity contribution in [3.05, 3.63) is 29.3 Å². The molecule has 1 unspecified atom stereocenters. The first-order valence-corrected chi connectivity index (χ1v) is 8.68. The summed E-state index contributed by atoms with van der Waals surface area (Å²) in [6, 6.07) is 7.45. The van der Waals surface area contributed by atoms with E-state index in [0.29, 0.717) is 6.04 Å². The van der Waals surface area contributed by atoms with Crippen LogP contribution in [0.3, 0.4) is 0 Å². The molecule has 1 aliphatic carbocycles. The lowest BCUT2D eigenvalue weighted by Gasteiger charge is -2.32. The number of benzene rings is 1. The zero-order valence-electron chi connectivity index (χ0n) is 13.5. The van der Waals surface area contributed by atoms with E-state index in [1.807, 2.05) is 0 Å². The number of ether oxygens (including phenoxy) is 1. The second-order valence-corrected chi connectivity index (χ2v) is 6.99. The summed E-state index contributed by atoms with van der Waals surface area (Å²) in [5.41, 5.74) is 2.88. The van der Waals surface area contributed by atoms with Crippen LogP contribution in [0.4, 0.5) is 0 Å². The maximum absolute atomic E-state index is 5.59. The van der Waals surface area contributed by atoms with Crippen LogP contribution in [0.1, 0.15) is 50.2 Å². The molecular weight excluding hydrogens is 258 g/mol. The molecule has 2 nitrogen and oxygen atoms in total. The van der Waals surface area contributed by atoms with Crippen LogP contribution in [0, 0.1) is 11.8 Å². The third kappa shape index (κ3) is 3.60. The molecule has 1 saturated carbocycles. The van der Waals surface area contributed by atoms with Gasteiger partial charge < -0.3 is 10.1 Å². The first-order chi connectivity index (χ1) is 10.3. The summed E-state index contributed by atoms with van der Waals surface area (Å²) in [6.07, 6.45) is 9.17. The summed E-state index contributed by atoms with van der Waals surface area (Å²) in [5.74, 6) is 2.92. The van der Waals surface area contributed by atoms with Gasteiger partial charge in [-0.05, 0) is 61.8 Å². The lowest BCUT2D eigenvalue weighted by atomic mass is 9.78. The average Bonchev–Trinajstić information content (AvgIpc) is 2.97. The predicted octanol–water partition coefficient (Wildman–Crippen LogP) is 3.97. The van der Waals surface area contributed by atoms with Crippen LogP contribution < -0.4 is 10.1 Å². The molecular formula is C19H29NO. The van der Waals surface area contributed by atoms with E-state index in [9.17, 15) is 0 Å². The van der Waals surface area contributed by atoms with Crippen LogP contribution in [-0.2, 0) is 12.8 Å². The third-order valence-electron chi connectivity index (χ3n) is 5.50. The Hall–Kier alpha value is -1.02. The molecule has 1 atom stereocenters. The fraction of sp³-hybridized carbons (Fsp3) is 0.684. The number of rotatable bonds is 5. The average molecular weight is 287 g/mol. The largest absolute Gasteiger partial charge is 0.493 e. The molecule has 21 heavy (non-hydrogen) atoms. The van der Waals surface area contributed by atoms with Crippen molar-refractivity contribution in [2.75, 3.05) is 13.7 Å². The van der Waals surface area contributed by atoms with Crippen LogP contribution in [-0.4, -0.2) is 19.7 Å². The van der Waals surface area contributed by atoms with Gasteiger partial charge >= 0.3 is 0 Å². The fourth-order valence-electron chi connectivity index (χ4n) is 4.02. The van der Waals surface area contributed by atoms with Gasteiger partial charge in [-0.15, -0.1) is 0 Å². The summed E-state index contributed by atoms with van der Waals surface area (Å²) in [7, 11) is 2.14. The van der Waals surface area contributed by atoms with E-state index in [4.69, 9.17) is 4.74 Å². The maximum Gasteiger partial charge on any atom is 0.122 e. The quantitative estimate of drug-likeness (QED) is 0.885. The van der Waals surface area contributed by atoms with E-state index in [-0.39, 0.29) is 0 Å². The van der Waals surface area contributed by atoms with Crippen LogP contribution in [0.2, 0.25) is 0 Å². The normalized spacial score (nSPS) is 26.2. The molecule has 0 saturated heterocycles. The Morgan fingerprint density at radius 3 is 2.81 bits per heavy atom. The third-order valence-corrected chi connectivity index (χ3v) is 5.50. The highest BCUT2D eigenvalue weighted by atomic mass is 16.5.